The molecular weight excluding hydrogens is 366 g/mol. The number of fused-ring (bicyclic) bond motifs is 2. The van der Waals surface area contributed by atoms with Gasteiger partial charge in [0.15, 0.2) is 11.6 Å². The Bertz CT molecular complexity index is 547. The van der Waals surface area contributed by atoms with Gasteiger partial charge in [-0.05, 0) is 48.2 Å². The molecule has 6 aliphatic rings. The SMILES string of the molecule is CC12CC3(C)OC(C)(CC(C)(O1)P3CCCCCB1C3CCCC1CCC3)O2. The van der Waals surface area contributed by atoms with E-state index >= 15 is 0 Å². The summed E-state index contributed by atoms with van der Waals surface area (Å²) in [6.07, 6.45) is 17.9. The van der Waals surface area contributed by atoms with E-state index < -0.39 is 11.6 Å². The third-order valence-corrected chi connectivity index (χ3v) is 12.2. The molecule has 0 aromatic rings. The maximum atomic E-state index is 6.57. The van der Waals surface area contributed by atoms with Gasteiger partial charge in [-0.3, -0.25) is 0 Å². The summed E-state index contributed by atoms with van der Waals surface area (Å²) in [6, 6.07) is 0. The molecule has 3 nitrogen and oxygen atoms in total. The van der Waals surface area contributed by atoms with Crippen molar-refractivity contribution in [1.82, 2.24) is 0 Å². The maximum Gasteiger partial charge on any atom is 0.173 e. The lowest BCUT2D eigenvalue weighted by Gasteiger charge is -2.69. The molecule has 5 heteroatoms. The third-order valence-electron chi connectivity index (χ3n) is 8.67. The molecule has 158 valence electrons. The minimum absolute atomic E-state index is 0.0390. The van der Waals surface area contributed by atoms with E-state index in [9.17, 15) is 0 Å². The molecule has 0 aliphatic carbocycles. The Kier molecular flexibility index (Phi) is 5.03. The monoisotopic (exact) mass is 406 g/mol. The fourth-order valence-electron chi connectivity index (χ4n) is 8.22. The van der Waals surface area contributed by atoms with E-state index in [0.717, 1.165) is 31.2 Å². The van der Waals surface area contributed by atoms with Gasteiger partial charge in [0.2, 0.25) is 0 Å². The zero-order valence-electron chi connectivity index (χ0n) is 18.6. The second-order valence-electron chi connectivity index (χ2n) is 11.3. The molecule has 0 saturated carbocycles. The third kappa shape index (κ3) is 3.43. The van der Waals surface area contributed by atoms with Crippen LogP contribution in [-0.2, 0) is 14.2 Å². The van der Waals surface area contributed by atoms with E-state index in [-0.39, 0.29) is 18.6 Å². The van der Waals surface area contributed by atoms with E-state index in [1.807, 2.05) is 0 Å². The first-order chi connectivity index (χ1) is 13.2. The van der Waals surface area contributed by atoms with Gasteiger partial charge in [-0.25, -0.2) is 0 Å². The summed E-state index contributed by atoms with van der Waals surface area (Å²) in [5.74, 6) is 1.24. The Morgan fingerprint density at radius 1 is 0.750 bits per heavy atom. The molecule has 6 aliphatic heterocycles. The van der Waals surface area contributed by atoms with E-state index in [0.29, 0.717) is 0 Å². The summed E-state index contributed by atoms with van der Waals surface area (Å²) in [7, 11) is -0.299. The molecule has 28 heavy (non-hydrogen) atoms. The van der Waals surface area contributed by atoms with Crippen LogP contribution in [0, 0.1) is 0 Å². The molecule has 6 heterocycles. The number of hydrogen-bond acceptors (Lipinski definition) is 3. The van der Waals surface area contributed by atoms with Crippen molar-refractivity contribution in [2.75, 3.05) is 6.16 Å². The van der Waals surface area contributed by atoms with Crippen LogP contribution in [-0.4, -0.2) is 35.1 Å². The van der Waals surface area contributed by atoms with Crippen LogP contribution in [0.4, 0.5) is 0 Å². The minimum Gasteiger partial charge on any atom is -0.339 e. The minimum atomic E-state index is -0.452. The highest BCUT2D eigenvalue weighted by Gasteiger charge is 2.70. The van der Waals surface area contributed by atoms with Crippen molar-refractivity contribution < 1.29 is 14.2 Å². The van der Waals surface area contributed by atoms with E-state index in [4.69, 9.17) is 14.2 Å². The summed E-state index contributed by atoms with van der Waals surface area (Å²) in [5, 5.41) is -0.0779. The molecule has 0 aromatic heterocycles. The number of rotatable bonds is 6. The molecule has 4 atom stereocenters. The van der Waals surface area contributed by atoms with Gasteiger partial charge in [-0.15, -0.1) is 0 Å². The highest BCUT2D eigenvalue weighted by Crippen LogP contribution is 2.76. The van der Waals surface area contributed by atoms with Crippen molar-refractivity contribution >= 4 is 14.6 Å². The Balaban J connectivity index is 1.15. The first-order valence-corrected chi connectivity index (χ1v) is 13.6. The van der Waals surface area contributed by atoms with Gasteiger partial charge in [-0.1, -0.05) is 69.3 Å². The summed E-state index contributed by atoms with van der Waals surface area (Å²) in [6.45, 7) is 10.0. The molecule has 6 fully saturated rings. The molecule has 0 spiro atoms. The summed E-state index contributed by atoms with van der Waals surface area (Å²) in [5.41, 5.74) is 0. The number of unbranched alkanes of at least 4 members (excludes halogenated alkanes) is 2. The van der Waals surface area contributed by atoms with Crippen LogP contribution in [0.2, 0.25) is 18.0 Å². The van der Waals surface area contributed by atoms with E-state index in [2.05, 4.69) is 27.7 Å². The summed E-state index contributed by atoms with van der Waals surface area (Å²) < 4.78 is 19.3. The van der Waals surface area contributed by atoms with Crippen LogP contribution in [0.3, 0.4) is 0 Å². The number of ether oxygens (including phenoxy) is 3. The Labute approximate surface area is 173 Å². The molecule has 6 saturated heterocycles. The predicted molar refractivity (Wildman–Crippen MR) is 118 cm³/mol. The Morgan fingerprint density at radius 2 is 1.29 bits per heavy atom. The van der Waals surface area contributed by atoms with Gasteiger partial charge >= 0.3 is 0 Å². The number of hydrogen-bond donors (Lipinski definition) is 0. The zero-order chi connectivity index (χ0) is 19.6. The standard InChI is InChI=1S/C23H40BO3P/c1-20-16-22(3)27-21(2,25-20)17-23(4,26-20)28(22)15-7-5-6-14-24-18-10-8-11-19(24)13-9-12-18/h18-19H,5-17H2,1-4H3. The summed E-state index contributed by atoms with van der Waals surface area (Å²) in [4.78, 5) is 0. The van der Waals surface area contributed by atoms with Crippen molar-refractivity contribution in [2.45, 2.75) is 139 Å². The van der Waals surface area contributed by atoms with Crippen LogP contribution in [0.1, 0.15) is 98.3 Å². The van der Waals surface area contributed by atoms with Crippen LogP contribution >= 0.6 is 7.92 Å². The maximum absolute atomic E-state index is 6.57. The Morgan fingerprint density at radius 3 is 1.82 bits per heavy atom. The quantitative estimate of drug-likeness (QED) is 0.271. The lowest BCUT2D eigenvalue weighted by molar-refractivity contribution is -0.468. The van der Waals surface area contributed by atoms with E-state index in [1.54, 1.807) is 0 Å². The average molecular weight is 406 g/mol. The highest BCUT2D eigenvalue weighted by atomic mass is 31.1. The molecule has 6 bridgehead atoms. The van der Waals surface area contributed by atoms with Crippen LogP contribution in [0.5, 0.6) is 0 Å². The van der Waals surface area contributed by atoms with Gasteiger partial charge in [0.25, 0.3) is 0 Å². The van der Waals surface area contributed by atoms with E-state index in [1.165, 1.54) is 70.3 Å². The van der Waals surface area contributed by atoms with Crippen molar-refractivity contribution in [1.29, 1.82) is 0 Å². The lowest BCUT2D eigenvalue weighted by Crippen LogP contribution is -2.71. The van der Waals surface area contributed by atoms with Gasteiger partial charge in [0.1, 0.15) is 6.71 Å². The summed E-state index contributed by atoms with van der Waals surface area (Å²) >= 11 is 0. The molecule has 0 aromatic carbocycles. The first kappa shape index (κ1) is 20.3. The van der Waals surface area contributed by atoms with Crippen LogP contribution in [0.15, 0.2) is 0 Å². The van der Waals surface area contributed by atoms with Crippen molar-refractivity contribution in [3.63, 3.8) is 0 Å². The normalized spacial score (nSPS) is 52.3. The topological polar surface area (TPSA) is 27.7 Å². The molecule has 4 unspecified atom stereocenters. The smallest absolute Gasteiger partial charge is 0.173 e. The fraction of sp³-hybridized carbons (Fsp3) is 1.00. The van der Waals surface area contributed by atoms with Gasteiger partial charge in [0.05, 0.1) is 10.7 Å². The largest absolute Gasteiger partial charge is 0.339 e. The lowest BCUT2D eigenvalue weighted by atomic mass is 9.26. The van der Waals surface area contributed by atoms with Crippen molar-refractivity contribution in [3.05, 3.63) is 0 Å². The first-order valence-electron chi connectivity index (χ1n) is 12.1. The molecule has 6 rings (SSSR count). The van der Waals surface area contributed by atoms with Gasteiger partial charge in [0, 0.05) is 12.8 Å². The van der Waals surface area contributed by atoms with Crippen molar-refractivity contribution in [3.8, 4) is 0 Å². The second-order valence-corrected chi connectivity index (χ2v) is 14.5. The molecule has 0 amide bonds. The predicted octanol–water partition coefficient (Wildman–Crippen LogP) is 6.98. The second kappa shape index (κ2) is 6.94. The molecule has 0 radical (unpaired) electrons. The van der Waals surface area contributed by atoms with Gasteiger partial charge in [-0.2, -0.15) is 0 Å². The zero-order valence-corrected chi connectivity index (χ0v) is 19.5. The fourth-order valence-corrected chi connectivity index (χ4v) is 12.3. The van der Waals surface area contributed by atoms with Crippen LogP contribution < -0.4 is 0 Å². The average Bonchev–Trinajstić information content (AvgIpc) is 2.52. The molecular formula is C23H40BO3P. The van der Waals surface area contributed by atoms with Crippen molar-refractivity contribution in [2.24, 2.45) is 0 Å². The van der Waals surface area contributed by atoms with Crippen LogP contribution in [0.25, 0.3) is 0 Å². The Hall–Kier alpha value is 0.375. The highest BCUT2D eigenvalue weighted by molar-refractivity contribution is 7.60. The van der Waals surface area contributed by atoms with Gasteiger partial charge < -0.3 is 14.2 Å². The molecule has 0 N–H and O–H groups in total.